The van der Waals surface area contributed by atoms with Crippen molar-refractivity contribution in [3.8, 4) is 0 Å². The van der Waals surface area contributed by atoms with Crippen molar-refractivity contribution in [3.05, 3.63) is 107 Å². The summed E-state index contributed by atoms with van der Waals surface area (Å²) in [5.41, 5.74) is 1.92. The van der Waals surface area contributed by atoms with Crippen molar-refractivity contribution in [2.45, 2.75) is 32.5 Å². The van der Waals surface area contributed by atoms with Crippen molar-refractivity contribution >= 4 is 21.8 Å². The van der Waals surface area contributed by atoms with Crippen LogP contribution in [0.4, 0.5) is 4.39 Å². The van der Waals surface area contributed by atoms with Crippen LogP contribution < -0.4 is 5.32 Å². The van der Waals surface area contributed by atoms with E-state index in [1.165, 1.54) is 17.0 Å². The molecule has 3 aromatic carbocycles. The van der Waals surface area contributed by atoms with Crippen molar-refractivity contribution in [3.63, 3.8) is 0 Å². The largest absolute Gasteiger partial charge is 0.354 e. The predicted octanol–water partition coefficient (Wildman–Crippen LogP) is 3.88. The number of nitrogens with one attached hydrogen (secondary N) is 1. The molecule has 1 N–H and O–H groups in total. The molecular formula is C28H32FN3O4S. The van der Waals surface area contributed by atoms with Crippen molar-refractivity contribution in [2.24, 2.45) is 0 Å². The van der Waals surface area contributed by atoms with E-state index in [2.05, 4.69) is 5.32 Å². The molecule has 0 fully saturated rings. The average molecular weight is 526 g/mol. The molecule has 0 spiro atoms. The Bertz CT molecular complexity index is 1270. The first-order valence-electron chi connectivity index (χ1n) is 12.0. The summed E-state index contributed by atoms with van der Waals surface area (Å²) in [5, 5.41) is 2.86. The highest BCUT2D eigenvalue weighted by Gasteiger charge is 2.33. The lowest BCUT2D eigenvalue weighted by molar-refractivity contribution is -0.141. The molecule has 0 aliphatic rings. The summed E-state index contributed by atoms with van der Waals surface area (Å²) in [6.45, 7) is 1.88. The first-order valence-corrected chi connectivity index (χ1v) is 13.9. The number of sulfonamides is 1. The van der Waals surface area contributed by atoms with Gasteiger partial charge in [-0.25, -0.2) is 12.8 Å². The minimum atomic E-state index is -3.76. The average Bonchev–Trinajstić information content (AvgIpc) is 2.88. The quantitative estimate of drug-likeness (QED) is 0.389. The topological polar surface area (TPSA) is 86.8 Å². The highest BCUT2D eigenvalue weighted by Crippen LogP contribution is 2.25. The van der Waals surface area contributed by atoms with E-state index in [4.69, 9.17) is 0 Å². The van der Waals surface area contributed by atoms with Gasteiger partial charge >= 0.3 is 0 Å². The fourth-order valence-corrected chi connectivity index (χ4v) is 4.61. The normalized spacial score (nSPS) is 12.2. The lowest BCUT2D eigenvalue weighted by Gasteiger charge is -2.33. The molecule has 0 saturated carbocycles. The Hall–Kier alpha value is -3.56. The summed E-state index contributed by atoms with van der Waals surface area (Å²) in [6, 6.07) is 22.5. The van der Waals surface area contributed by atoms with E-state index < -0.39 is 34.3 Å². The van der Waals surface area contributed by atoms with Crippen LogP contribution in [0.3, 0.4) is 0 Å². The van der Waals surface area contributed by atoms with Crippen LogP contribution in [0, 0.1) is 5.82 Å². The van der Waals surface area contributed by atoms with Crippen molar-refractivity contribution in [2.75, 3.05) is 19.3 Å². The van der Waals surface area contributed by atoms with Crippen LogP contribution in [0.15, 0.2) is 84.9 Å². The second kappa shape index (κ2) is 13.1. The maximum atomic E-state index is 13.8. The molecule has 3 rings (SSSR count). The Morgan fingerprint density at radius 1 is 0.865 bits per heavy atom. The Balaban J connectivity index is 2.00. The number of carbonyl (C=O) groups excluding carboxylic acids is 2. The molecular weight excluding hydrogens is 493 g/mol. The zero-order valence-electron chi connectivity index (χ0n) is 21.0. The maximum absolute atomic E-state index is 13.8. The first-order chi connectivity index (χ1) is 17.7. The number of carbonyl (C=O) groups is 2. The van der Waals surface area contributed by atoms with E-state index in [0.717, 1.165) is 16.1 Å². The monoisotopic (exact) mass is 525 g/mol. The molecule has 0 heterocycles. The standard InChI is InChI=1S/C28H32FN3O4S/c1-3-18-30-28(34)27(24-12-8-5-9-13-24)32(20-23-14-16-25(29)17-15-23)26(33)21-31(37(2,35)36)19-22-10-6-4-7-11-22/h4-17,27H,3,18-21H2,1-2H3,(H,30,34). The van der Waals surface area contributed by atoms with Crippen molar-refractivity contribution < 1.29 is 22.4 Å². The number of amides is 2. The van der Waals surface area contributed by atoms with E-state index in [9.17, 15) is 22.4 Å². The summed E-state index contributed by atoms with van der Waals surface area (Å²) in [7, 11) is -3.76. The van der Waals surface area contributed by atoms with E-state index >= 15 is 0 Å². The minimum absolute atomic E-state index is 0.00777. The van der Waals surface area contributed by atoms with Gasteiger partial charge in [0.05, 0.1) is 12.8 Å². The van der Waals surface area contributed by atoms with Gasteiger partial charge in [0.15, 0.2) is 0 Å². The smallest absolute Gasteiger partial charge is 0.247 e. The zero-order valence-corrected chi connectivity index (χ0v) is 21.8. The highest BCUT2D eigenvalue weighted by atomic mass is 32.2. The molecule has 0 saturated heterocycles. The Morgan fingerprint density at radius 2 is 1.43 bits per heavy atom. The SMILES string of the molecule is CCCNC(=O)C(c1ccccc1)N(Cc1ccc(F)cc1)C(=O)CN(Cc1ccccc1)S(C)(=O)=O. The molecule has 0 aromatic heterocycles. The summed E-state index contributed by atoms with van der Waals surface area (Å²) >= 11 is 0. The van der Waals surface area contributed by atoms with E-state index in [0.29, 0.717) is 24.1 Å². The predicted molar refractivity (Wildman–Crippen MR) is 141 cm³/mol. The van der Waals surface area contributed by atoms with Gasteiger partial charge in [0.25, 0.3) is 0 Å². The van der Waals surface area contributed by atoms with Gasteiger partial charge in [0, 0.05) is 19.6 Å². The van der Waals surface area contributed by atoms with Gasteiger partial charge in [-0.05, 0) is 35.2 Å². The number of halogens is 1. The van der Waals surface area contributed by atoms with Crippen molar-refractivity contribution in [1.82, 2.24) is 14.5 Å². The summed E-state index contributed by atoms with van der Waals surface area (Å²) in [4.78, 5) is 28.5. The zero-order chi connectivity index (χ0) is 26.8. The molecule has 0 bridgehead atoms. The fraction of sp³-hybridized carbons (Fsp3) is 0.286. The van der Waals surface area contributed by atoms with Gasteiger partial charge in [-0.2, -0.15) is 4.31 Å². The number of rotatable bonds is 12. The van der Waals surface area contributed by atoms with E-state index in [-0.39, 0.29) is 19.0 Å². The third-order valence-corrected chi connectivity index (χ3v) is 6.99. The van der Waals surface area contributed by atoms with Crippen LogP contribution in [0.5, 0.6) is 0 Å². The summed E-state index contributed by atoms with van der Waals surface area (Å²) in [6.07, 6.45) is 1.76. The molecule has 9 heteroatoms. The number of hydrogen-bond acceptors (Lipinski definition) is 4. The molecule has 1 atom stereocenters. The molecule has 196 valence electrons. The maximum Gasteiger partial charge on any atom is 0.247 e. The number of hydrogen-bond donors (Lipinski definition) is 1. The van der Waals surface area contributed by atoms with Crippen LogP contribution in [0.25, 0.3) is 0 Å². The number of nitrogens with zero attached hydrogens (tertiary/aromatic N) is 2. The highest BCUT2D eigenvalue weighted by molar-refractivity contribution is 7.88. The Labute approximate surface area is 218 Å². The molecule has 3 aromatic rings. The van der Waals surface area contributed by atoms with Crippen LogP contribution >= 0.6 is 0 Å². The minimum Gasteiger partial charge on any atom is -0.354 e. The Kier molecular flexibility index (Phi) is 9.93. The van der Waals surface area contributed by atoms with E-state index in [1.807, 2.05) is 19.1 Å². The van der Waals surface area contributed by atoms with E-state index in [1.54, 1.807) is 60.7 Å². The van der Waals surface area contributed by atoms with Gasteiger partial charge in [-0.1, -0.05) is 79.7 Å². The number of benzene rings is 3. The molecule has 2 amide bonds. The van der Waals surface area contributed by atoms with Crippen LogP contribution in [0.1, 0.15) is 36.1 Å². The lowest BCUT2D eigenvalue weighted by atomic mass is 10.0. The van der Waals surface area contributed by atoms with Gasteiger partial charge in [0.1, 0.15) is 11.9 Å². The van der Waals surface area contributed by atoms with Gasteiger partial charge in [-0.3, -0.25) is 9.59 Å². The molecule has 0 radical (unpaired) electrons. The summed E-state index contributed by atoms with van der Waals surface area (Å²) in [5.74, 6) is -1.35. The van der Waals surface area contributed by atoms with Crippen LogP contribution in [-0.4, -0.2) is 48.8 Å². The molecule has 7 nitrogen and oxygen atoms in total. The van der Waals surface area contributed by atoms with Gasteiger partial charge in [-0.15, -0.1) is 0 Å². The third-order valence-electron chi connectivity index (χ3n) is 5.79. The van der Waals surface area contributed by atoms with Crippen molar-refractivity contribution in [1.29, 1.82) is 0 Å². The molecule has 1 unspecified atom stereocenters. The second-order valence-corrected chi connectivity index (χ2v) is 10.8. The first kappa shape index (κ1) is 28.0. The fourth-order valence-electron chi connectivity index (χ4n) is 3.88. The van der Waals surface area contributed by atoms with Crippen LogP contribution in [0.2, 0.25) is 0 Å². The Morgan fingerprint density at radius 3 is 2.00 bits per heavy atom. The third kappa shape index (κ3) is 8.23. The van der Waals surface area contributed by atoms with Gasteiger partial charge < -0.3 is 10.2 Å². The lowest BCUT2D eigenvalue weighted by Crippen LogP contribution is -2.47. The molecule has 37 heavy (non-hydrogen) atoms. The molecule has 0 aliphatic carbocycles. The second-order valence-electron chi connectivity index (χ2n) is 8.77. The van der Waals surface area contributed by atoms with Crippen LogP contribution in [-0.2, 0) is 32.7 Å². The van der Waals surface area contributed by atoms with Gasteiger partial charge in [0.2, 0.25) is 21.8 Å². The molecule has 0 aliphatic heterocycles. The summed E-state index contributed by atoms with van der Waals surface area (Å²) < 4.78 is 39.9.